The van der Waals surface area contributed by atoms with Gasteiger partial charge >= 0.3 is 0 Å². The molecule has 3 aromatic rings. The maximum Gasteiger partial charge on any atom is 0.287 e. The zero-order valence-electron chi connectivity index (χ0n) is 20.5. The van der Waals surface area contributed by atoms with Crippen molar-refractivity contribution in [3.05, 3.63) is 98.0 Å². The van der Waals surface area contributed by atoms with Gasteiger partial charge in [-0.25, -0.2) is 0 Å². The molecule has 4 rings (SSSR count). The Balaban J connectivity index is 1.48. The summed E-state index contributed by atoms with van der Waals surface area (Å²) in [5.41, 5.74) is 6.25. The van der Waals surface area contributed by atoms with Crippen LogP contribution in [-0.4, -0.2) is 10.8 Å². The average Bonchev–Trinajstić information content (AvgIpc) is 3.25. The van der Waals surface area contributed by atoms with Crippen LogP contribution >= 0.6 is 0 Å². The van der Waals surface area contributed by atoms with Gasteiger partial charge in [0.25, 0.3) is 11.6 Å². The van der Waals surface area contributed by atoms with Gasteiger partial charge in [0.1, 0.15) is 5.76 Å². The van der Waals surface area contributed by atoms with Crippen molar-refractivity contribution in [1.29, 1.82) is 0 Å². The number of benzene rings is 2. The zero-order valence-corrected chi connectivity index (χ0v) is 20.5. The fourth-order valence-corrected chi connectivity index (χ4v) is 4.79. The summed E-state index contributed by atoms with van der Waals surface area (Å²) in [6.45, 7) is 11.6. The quantitative estimate of drug-likeness (QED) is 0.342. The van der Waals surface area contributed by atoms with Crippen LogP contribution < -0.4 is 5.32 Å². The number of carbonyl (C=O) groups is 1. The zero-order chi connectivity index (χ0) is 24.7. The monoisotopic (exact) mass is 460 g/mol. The van der Waals surface area contributed by atoms with Crippen molar-refractivity contribution in [2.24, 2.45) is 0 Å². The summed E-state index contributed by atoms with van der Waals surface area (Å²) in [4.78, 5) is 23.1. The van der Waals surface area contributed by atoms with Crippen LogP contribution in [0.4, 0.5) is 5.69 Å². The van der Waals surface area contributed by atoms with Gasteiger partial charge in [0.05, 0.1) is 4.92 Å². The molecule has 1 amide bonds. The number of non-ortho nitro benzene ring substituents is 1. The van der Waals surface area contributed by atoms with Gasteiger partial charge in [0.15, 0.2) is 5.76 Å². The number of amides is 1. The largest absolute Gasteiger partial charge is 0.456 e. The van der Waals surface area contributed by atoms with E-state index in [4.69, 9.17) is 4.42 Å². The molecule has 6 heteroatoms. The number of hydrogen-bond donors (Lipinski definition) is 1. The van der Waals surface area contributed by atoms with Gasteiger partial charge in [0, 0.05) is 25.1 Å². The molecule has 0 saturated carbocycles. The lowest BCUT2D eigenvalue weighted by Gasteiger charge is -2.42. The molecule has 1 aliphatic carbocycles. The van der Waals surface area contributed by atoms with E-state index in [1.807, 2.05) is 6.07 Å². The highest BCUT2D eigenvalue weighted by molar-refractivity contribution is 5.91. The molecule has 0 aliphatic heterocycles. The SMILES string of the molecule is Cc1cc2c(cc1Cc1ccc(C(=O)NCc3cccc([N+](=O)[O-])c3)o1)C(C)(C)CCC2(C)C. The second-order valence-electron chi connectivity index (χ2n) is 10.6. The van der Waals surface area contributed by atoms with E-state index in [1.54, 1.807) is 18.2 Å². The Bertz CT molecular complexity index is 1250. The Morgan fingerprint density at radius 2 is 1.71 bits per heavy atom. The molecule has 0 fully saturated rings. The van der Waals surface area contributed by atoms with Crippen LogP contribution in [-0.2, 0) is 23.8 Å². The van der Waals surface area contributed by atoms with Gasteiger partial charge in [0.2, 0.25) is 0 Å². The van der Waals surface area contributed by atoms with Crippen molar-refractivity contribution in [1.82, 2.24) is 5.32 Å². The summed E-state index contributed by atoms with van der Waals surface area (Å²) in [5.74, 6) is 0.622. The standard InChI is InChI=1S/C28H32N2O4/c1-18-13-23-24(28(4,5)12-11-27(23,2)3)16-20(18)15-22-9-10-25(34-22)26(31)29-17-19-7-6-8-21(14-19)30(32)33/h6-10,13-14,16H,11-12,15,17H2,1-5H3,(H,29,31). The van der Waals surface area contributed by atoms with Crippen molar-refractivity contribution >= 4 is 11.6 Å². The fourth-order valence-electron chi connectivity index (χ4n) is 4.79. The molecule has 0 bridgehead atoms. The molecule has 1 N–H and O–H groups in total. The minimum atomic E-state index is -0.449. The van der Waals surface area contributed by atoms with Gasteiger partial charge in [-0.15, -0.1) is 0 Å². The smallest absolute Gasteiger partial charge is 0.287 e. The second-order valence-corrected chi connectivity index (χ2v) is 10.6. The summed E-state index contributed by atoms with van der Waals surface area (Å²) in [5, 5.41) is 13.7. The minimum Gasteiger partial charge on any atom is -0.456 e. The third-order valence-electron chi connectivity index (χ3n) is 7.13. The van der Waals surface area contributed by atoms with Crippen molar-refractivity contribution in [3.8, 4) is 0 Å². The molecule has 178 valence electrons. The minimum absolute atomic E-state index is 0.000909. The van der Waals surface area contributed by atoms with E-state index in [-0.39, 0.29) is 34.7 Å². The van der Waals surface area contributed by atoms with Gasteiger partial charge < -0.3 is 9.73 Å². The summed E-state index contributed by atoms with van der Waals surface area (Å²) in [7, 11) is 0. The Kier molecular flexibility index (Phi) is 6.11. The van der Waals surface area contributed by atoms with E-state index in [1.165, 1.54) is 40.8 Å². The first-order chi connectivity index (χ1) is 16.0. The number of fused-ring (bicyclic) bond motifs is 1. The van der Waals surface area contributed by atoms with Crippen LogP contribution in [0, 0.1) is 17.0 Å². The third kappa shape index (κ3) is 4.76. The molecule has 6 nitrogen and oxygen atoms in total. The van der Waals surface area contributed by atoms with Crippen LogP contribution in [0.3, 0.4) is 0 Å². The van der Waals surface area contributed by atoms with Crippen molar-refractivity contribution < 1.29 is 14.1 Å². The number of nitro groups is 1. The van der Waals surface area contributed by atoms with Crippen molar-refractivity contribution in [3.63, 3.8) is 0 Å². The van der Waals surface area contributed by atoms with Gasteiger partial charge in [-0.2, -0.15) is 0 Å². The molecule has 0 saturated heterocycles. The molecular weight excluding hydrogens is 428 g/mol. The number of hydrogen-bond acceptors (Lipinski definition) is 4. The first-order valence-electron chi connectivity index (χ1n) is 11.7. The van der Waals surface area contributed by atoms with Crippen molar-refractivity contribution in [2.45, 2.75) is 71.3 Å². The molecule has 34 heavy (non-hydrogen) atoms. The topological polar surface area (TPSA) is 85.4 Å². The van der Waals surface area contributed by atoms with Gasteiger partial charge in [-0.1, -0.05) is 52.0 Å². The first kappa shape index (κ1) is 23.7. The van der Waals surface area contributed by atoms with Crippen LogP contribution in [0.15, 0.2) is 52.9 Å². The van der Waals surface area contributed by atoms with E-state index < -0.39 is 4.92 Å². The van der Waals surface area contributed by atoms with Gasteiger partial charge in [-0.3, -0.25) is 14.9 Å². The lowest BCUT2D eigenvalue weighted by Crippen LogP contribution is -2.34. The highest BCUT2D eigenvalue weighted by Gasteiger charge is 2.37. The molecule has 2 aromatic carbocycles. The van der Waals surface area contributed by atoms with E-state index >= 15 is 0 Å². The van der Waals surface area contributed by atoms with Gasteiger partial charge in [-0.05, 0) is 70.5 Å². The number of nitro benzene ring substituents is 1. The van der Waals surface area contributed by atoms with E-state index in [0.29, 0.717) is 12.0 Å². The number of rotatable bonds is 6. The lowest BCUT2D eigenvalue weighted by molar-refractivity contribution is -0.384. The van der Waals surface area contributed by atoms with E-state index in [9.17, 15) is 14.9 Å². The molecule has 1 heterocycles. The molecular formula is C28H32N2O4. The summed E-state index contributed by atoms with van der Waals surface area (Å²) < 4.78 is 5.87. The van der Waals surface area contributed by atoms with Crippen LogP contribution in [0.2, 0.25) is 0 Å². The Morgan fingerprint density at radius 3 is 2.38 bits per heavy atom. The number of nitrogens with zero attached hydrogens (tertiary/aromatic N) is 1. The summed E-state index contributed by atoms with van der Waals surface area (Å²) >= 11 is 0. The normalized spacial score (nSPS) is 16.0. The predicted octanol–water partition coefficient (Wildman–Crippen LogP) is 6.37. The molecule has 0 spiro atoms. The molecule has 1 aliphatic rings. The van der Waals surface area contributed by atoms with Crippen LogP contribution in [0.5, 0.6) is 0 Å². The van der Waals surface area contributed by atoms with Crippen LogP contribution in [0.25, 0.3) is 0 Å². The summed E-state index contributed by atoms with van der Waals surface area (Å²) in [6, 6.07) is 14.4. The average molecular weight is 461 g/mol. The first-order valence-corrected chi connectivity index (χ1v) is 11.7. The number of nitrogens with one attached hydrogen (secondary N) is 1. The highest BCUT2D eigenvalue weighted by Crippen LogP contribution is 2.46. The van der Waals surface area contributed by atoms with Crippen molar-refractivity contribution in [2.75, 3.05) is 0 Å². The van der Waals surface area contributed by atoms with E-state index in [2.05, 4.69) is 52.1 Å². The van der Waals surface area contributed by atoms with E-state index in [0.717, 1.165) is 12.2 Å². The number of furan rings is 1. The number of aryl methyl sites for hydroxylation is 1. The lowest BCUT2D eigenvalue weighted by atomic mass is 9.62. The fraction of sp³-hybridized carbons (Fsp3) is 0.393. The number of carbonyl (C=O) groups excluding carboxylic acids is 1. The Hall–Kier alpha value is -3.41. The predicted molar refractivity (Wildman–Crippen MR) is 132 cm³/mol. The summed E-state index contributed by atoms with van der Waals surface area (Å²) in [6.07, 6.45) is 2.96. The molecule has 1 aromatic heterocycles. The molecule has 0 radical (unpaired) electrons. The highest BCUT2D eigenvalue weighted by atomic mass is 16.6. The molecule has 0 atom stereocenters. The maximum absolute atomic E-state index is 12.6. The second kappa shape index (κ2) is 8.75. The Morgan fingerprint density at radius 1 is 1.03 bits per heavy atom. The molecule has 0 unspecified atom stereocenters. The Labute approximate surface area is 200 Å². The maximum atomic E-state index is 12.6. The third-order valence-corrected chi connectivity index (χ3v) is 7.13. The van der Waals surface area contributed by atoms with Crippen LogP contribution in [0.1, 0.15) is 84.7 Å².